The maximum atomic E-state index is 11.5. The number of rotatable bonds is 8. The number of hydrogen-bond acceptors (Lipinski definition) is 3. The molecule has 0 saturated carbocycles. The monoisotopic (exact) mass is 228 g/mol. The van der Waals surface area contributed by atoms with Crippen LogP contribution in [0.2, 0.25) is 0 Å². The van der Waals surface area contributed by atoms with E-state index in [4.69, 9.17) is 9.84 Å². The van der Waals surface area contributed by atoms with Gasteiger partial charge in [0.05, 0.1) is 0 Å². The van der Waals surface area contributed by atoms with Gasteiger partial charge in [0, 0.05) is 12.2 Å². The highest BCUT2D eigenvalue weighted by Gasteiger charge is 2.30. The van der Waals surface area contributed by atoms with Crippen LogP contribution in [-0.4, -0.2) is 23.3 Å². The number of esters is 1. The summed E-state index contributed by atoms with van der Waals surface area (Å²) in [5, 5.41) is 8.76. The molecule has 0 bridgehead atoms. The van der Waals surface area contributed by atoms with Gasteiger partial charge in [-0.3, -0.25) is 0 Å². The molecule has 0 radical (unpaired) electrons. The molecule has 0 aromatic carbocycles. The Hall–Kier alpha value is -0.830. The number of aliphatic hydroxyl groups is 1. The molecule has 16 heavy (non-hydrogen) atoms. The van der Waals surface area contributed by atoms with Crippen molar-refractivity contribution in [1.82, 2.24) is 0 Å². The second kappa shape index (κ2) is 7.44. The van der Waals surface area contributed by atoms with Crippen molar-refractivity contribution in [2.24, 2.45) is 0 Å². The van der Waals surface area contributed by atoms with Crippen molar-refractivity contribution in [3.8, 4) is 0 Å². The van der Waals surface area contributed by atoms with Gasteiger partial charge >= 0.3 is 5.97 Å². The summed E-state index contributed by atoms with van der Waals surface area (Å²) in [7, 11) is 0. The lowest BCUT2D eigenvalue weighted by molar-refractivity contribution is -0.156. The zero-order valence-electron chi connectivity index (χ0n) is 10.7. The lowest BCUT2D eigenvalue weighted by Crippen LogP contribution is -2.34. The van der Waals surface area contributed by atoms with E-state index in [0.717, 1.165) is 32.1 Å². The fourth-order valence-electron chi connectivity index (χ4n) is 1.64. The molecule has 0 heterocycles. The molecule has 0 aliphatic rings. The van der Waals surface area contributed by atoms with E-state index in [-0.39, 0.29) is 18.2 Å². The van der Waals surface area contributed by atoms with E-state index < -0.39 is 0 Å². The Kier molecular flexibility index (Phi) is 7.06. The Morgan fingerprint density at radius 3 is 2.25 bits per heavy atom. The van der Waals surface area contributed by atoms with Crippen LogP contribution in [0.3, 0.4) is 0 Å². The summed E-state index contributed by atoms with van der Waals surface area (Å²) in [6.45, 7) is 9.48. The van der Waals surface area contributed by atoms with Crippen molar-refractivity contribution in [3.05, 3.63) is 12.2 Å². The quantitative estimate of drug-likeness (QED) is 0.395. The number of unbranched alkanes of at least 4 members (excludes halogenated alkanes) is 1. The molecule has 0 aromatic heterocycles. The van der Waals surface area contributed by atoms with E-state index in [0.29, 0.717) is 5.57 Å². The van der Waals surface area contributed by atoms with Gasteiger partial charge in [-0.15, -0.1) is 0 Å². The second-order valence-corrected chi connectivity index (χ2v) is 4.24. The molecular weight excluding hydrogens is 204 g/mol. The largest absolute Gasteiger partial charge is 0.456 e. The Labute approximate surface area is 98.5 Å². The maximum absolute atomic E-state index is 11.5. The molecular formula is C13H24O3. The Morgan fingerprint density at radius 1 is 1.31 bits per heavy atom. The molecule has 0 aromatic rings. The van der Waals surface area contributed by atoms with Crippen LogP contribution in [0.25, 0.3) is 0 Å². The summed E-state index contributed by atoms with van der Waals surface area (Å²) in [5.74, 6) is -0.312. The van der Waals surface area contributed by atoms with E-state index in [1.54, 1.807) is 6.92 Å². The summed E-state index contributed by atoms with van der Waals surface area (Å²) in [4.78, 5) is 11.5. The Morgan fingerprint density at radius 2 is 1.88 bits per heavy atom. The Bertz CT molecular complexity index is 229. The molecule has 0 saturated heterocycles. The number of aliphatic hydroxyl groups excluding tert-OH is 1. The summed E-state index contributed by atoms with van der Waals surface area (Å²) in [5.41, 5.74) is 0.0546. The number of ether oxygens (including phenoxy) is 1. The molecule has 0 aliphatic carbocycles. The SMILES string of the molecule is C=C(C)C(=O)OC(CC)(CC)CCCCO. The Balaban J connectivity index is 4.42. The molecule has 0 fully saturated rings. The molecule has 1 N–H and O–H groups in total. The van der Waals surface area contributed by atoms with Crippen LogP contribution in [0.15, 0.2) is 12.2 Å². The molecule has 0 atom stereocenters. The normalized spacial score (nSPS) is 11.2. The van der Waals surface area contributed by atoms with Gasteiger partial charge in [-0.1, -0.05) is 20.4 Å². The predicted molar refractivity (Wildman–Crippen MR) is 65.2 cm³/mol. The first-order valence-electron chi connectivity index (χ1n) is 6.01. The van der Waals surface area contributed by atoms with Gasteiger partial charge < -0.3 is 9.84 Å². The molecule has 0 amide bonds. The molecule has 94 valence electrons. The van der Waals surface area contributed by atoms with Crippen molar-refractivity contribution >= 4 is 5.97 Å². The van der Waals surface area contributed by atoms with E-state index in [2.05, 4.69) is 6.58 Å². The zero-order chi connectivity index (χ0) is 12.6. The molecule has 0 aliphatic heterocycles. The lowest BCUT2D eigenvalue weighted by atomic mass is 9.90. The van der Waals surface area contributed by atoms with Crippen molar-refractivity contribution in [1.29, 1.82) is 0 Å². The van der Waals surface area contributed by atoms with Crippen LogP contribution in [0, 0.1) is 0 Å². The smallest absolute Gasteiger partial charge is 0.333 e. The van der Waals surface area contributed by atoms with Gasteiger partial charge in [-0.05, 0) is 39.0 Å². The van der Waals surface area contributed by atoms with E-state index in [1.807, 2.05) is 13.8 Å². The average molecular weight is 228 g/mol. The van der Waals surface area contributed by atoms with Crippen LogP contribution in [0.1, 0.15) is 52.9 Å². The van der Waals surface area contributed by atoms with Gasteiger partial charge in [0.2, 0.25) is 0 Å². The van der Waals surface area contributed by atoms with Gasteiger partial charge in [0.1, 0.15) is 5.60 Å². The van der Waals surface area contributed by atoms with Gasteiger partial charge in [0.25, 0.3) is 0 Å². The van der Waals surface area contributed by atoms with Crippen molar-refractivity contribution in [2.75, 3.05) is 6.61 Å². The highest BCUT2D eigenvalue weighted by molar-refractivity contribution is 5.87. The molecule has 3 heteroatoms. The molecule has 0 unspecified atom stereocenters. The lowest BCUT2D eigenvalue weighted by Gasteiger charge is -2.31. The number of carbonyl (C=O) groups is 1. The van der Waals surface area contributed by atoms with Crippen LogP contribution >= 0.6 is 0 Å². The highest BCUT2D eigenvalue weighted by atomic mass is 16.6. The summed E-state index contributed by atoms with van der Waals surface area (Å²) >= 11 is 0. The maximum Gasteiger partial charge on any atom is 0.333 e. The second-order valence-electron chi connectivity index (χ2n) is 4.24. The van der Waals surface area contributed by atoms with Crippen molar-refractivity contribution in [2.45, 2.75) is 58.5 Å². The number of carbonyl (C=O) groups excluding carboxylic acids is 1. The minimum atomic E-state index is -0.384. The first-order valence-corrected chi connectivity index (χ1v) is 6.01. The van der Waals surface area contributed by atoms with Crippen LogP contribution < -0.4 is 0 Å². The van der Waals surface area contributed by atoms with Gasteiger partial charge in [0.15, 0.2) is 0 Å². The van der Waals surface area contributed by atoms with Crippen molar-refractivity contribution in [3.63, 3.8) is 0 Å². The zero-order valence-corrected chi connectivity index (χ0v) is 10.7. The third-order valence-electron chi connectivity index (χ3n) is 2.99. The van der Waals surface area contributed by atoms with Crippen LogP contribution in [-0.2, 0) is 9.53 Å². The van der Waals surface area contributed by atoms with E-state index >= 15 is 0 Å². The molecule has 3 nitrogen and oxygen atoms in total. The summed E-state index contributed by atoms with van der Waals surface area (Å²) < 4.78 is 5.52. The first kappa shape index (κ1) is 15.2. The molecule has 0 spiro atoms. The standard InChI is InChI=1S/C13H24O3/c1-5-13(6-2,9-7-8-10-14)16-12(15)11(3)4/h14H,3,5-10H2,1-2,4H3. The van der Waals surface area contributed by atoms with Gasteiger partial charge in [-0.2, -0.15) is 0 Å². The average Bonchev–Trinajstić information content (AvgIpc) is 2.27. The minimum absolute atomic E-state index is 0.192. The number of hydrogen-bond donors (Lipinski definition) is 1. The third-order valence-corrected chi connectivity index (χ3v) is 2.99. The fraction of sp³-hybridized carbons (Fsp3) is 0.769. The first-order chi connectivity index (χ1) is 7.51. The molecule has 0 rings (SSSR count). The van der Waals surface area contributed by atoms with E-state index in [9.17, 15) is 4.79 Å². The van der Waals surface area contributed by atoms with Gasteiger partial charge in [-0.25, -0.2) is 4.79 Å². The summed E-state index contributed by atoms with van der Waals surface area (Å²) in [6.07, 6.45) is 4.04. The van der Waals surface area contributed by atoms with Crippen LogP contribution in [0.4, 0.5) is 0 Å². The summed E-state index contributed by atoms with van der Waals surface area (Å²) in [6, 6.07) is 0. The van der Waals surface area contributed by atoms with E-state index in [1.165, 1.54) is 0 Å². The highest BCUT2D eigenvalue weighted by Crippen LogP contribution is 2.28. The predicted octanol–water partition coefficient (Wildman–Crippen LogP) is 2.83. The topological polar surface area (TPSA) is 46.5 Å². The van der Waals surface area contributed by atoms with Crippen molar-refractivity contribution < 1.29 is 14.6 Å². The third kappa shape index (κ3) is 4.79. The minimum Gasteiger partial charge on any atom is -0.456 e. The van der Waals surface area contributed by atoms with Crippen LogP contribution in [0.5, 0.6) is 0 Å². The fourth-order valence-corrected chi connectivity index (χ4v) is 1.64.